The highest BCUT2D eigenvalue weighted by molar-refractivity contribution is 7.08. The molecule has 0 fully saturated rings. The third-order valence-corrected chi connectivity index (χ3v) is 3.56. The fourth-order valence-corrected chi connectivity index (χ4v) is 2.42. The van der Waals surface area contributed by atoms with Crippen LogP contribution in [0.5, 0.6) is 0 Å². The maximum Gasteiger partial charge on any atom is 0.0897 e. The van der Waals surface area contributed by atoms with Gasteiger partial charge in [0.15, 0.2) is 0 Å². The topological polar surface area (TPSA) is 50.7 Å². The minimum Gasteiger partial charge on any atom is -0.389 e. The van der Waals surface area contributed by atoms with Crippen LogP contribution in [-0.2, 0) is 16.0 Å². The predicted molar refractivity (Wildman–Crippen MR) is 78.7 cm³/mol. The number of nitrogens with one attached hydrogen (secondary N) is 1. The number of hydrogen-bond donors (Lipinski definition) is 2. The van der Waals surface area contributed by atoms with Gasteiger partial charge < -0.3 is 19.9 Å². The Kier molecular flexibility index (Phi) is 8.25. The molecule has 1 atom stereocenters. The van der Waals surface area contributed by atoms with Gasteiger partial charge in [-0.1, -0.05) is 0 Å². The Morgan fingerprint density at radius 1 is 1.32 bits per heavy atom. The summed E-state index contributed by atoms with van der Waals surface area (Å²) in [6, 6.07) is 0. The number of aliphatic hydroxyl groups excluding tert-OH is 1. The summed E-state index contributed by atoms with van der Waals surface area (Å²) in [5.74, 6) is 0. The third-order valence-electron chi connectivity index (χ3n) is 2.65. The van der Waals surface area contributed by atoms with Crippen molar-refractivity contribution < 1.29 is 14.6 Å². The Hall–Kier alpha value is -0.460. The first kappa shape index (κ1) is 16.6. The molecule has 1 unspecified atom stereocenters. The monoisotopic (exact) mass is 287 g/mol. The molecule has 1 aromatic rings. The van der Waals surface area contributed by atoms with Crippen LogP contribution in [0.15, 0.2) is 10.8 Å². The molecule has 1 rings (SSSR count). The summed E-state index contributed by atoms with van der Waals surface area (Å²) in [6.07, 6.45) is -0.248. The first-order valence-electron chi connectivity index (χ1n) is 6.69. The minimum absolute atomic E-state index is 0.226. The van der Waals surface area contributed by atoms with E-state index in [9.17, 15) is 5.11 Å². The van der Waals surface area contributed by atoms with E-state index in [0.29, 0.717) is 26.4 Å². The lowest BCUT2D eigenvalue weighted by molar-refractivity contribution is -0.0100. The van der Waals surface area contributed by atoms with E-state index in [2.05, 4.69) is 23.0 Å². The zero-order valence-electron chi connectivity index (χ0n) is 12.0. The molecule has 0 aromatic carbocycles. The molecule has 0 spiro atoms. The number of ether oxygens (including phenoxy) is 2. The lowest BCUT2D eigenvalue weighted by Crippen LogP contribution is -2.30. The van der Waals surface area contributed by atoms with Crippen LogP contribution in [0.1, 0.15) is 25.0 Å². The van der Waals surface area contributed by atoms with Crippen molar-refractivity contribution >= 4 is 11.3 Å². The highest BCUT2D eigenvalue weighted by atomic mass is 32.1. The molecule has 110 valence electrons. The Morgan fingerprint density at radius 2 is 2.11 bits per heavy atom. The summed E-state index contributed by atoms with van der Waals surface area (Å²) in [6.45, 7) is 8.86. The Labute approximate surface area is 119 Å². The quantitative estimate of drug-likeness (QED) is 0.646. The summed E-state index contributed by atoms with van der Waals surface area (Å²) >= 11 is 1.71. The molecule has 0 saturated carbocycles. The second-order valence-corrected chi connectivity index (χ2v) is 5.60. The highest BCUT2D eigenvalue weighted by Gasteiger charge is 2.05. The van der Waals surface area contributed by atoms with Crippen molar-refractivity contribution in [1.29, 1.82) is 0 Å². The standard InChI is InChI=1S/C14H25NO3S/c1-11(2)18-5-4-17-8-14(16)7-15-6-13-10-19-9-12(13)3/h9-11,14-16H,4-8H2,1-3H3. The van der Waals surface area contributed by atoms with Crippen molar-refractivity contribution in [1.82, 2.24) is 5.32 Å². The molecular formula is C14H25NO3S. The van der Waals surface area contributed by atoms with Crippen molar-refractivity contribution in [2.24, 2.45) is 0 Å². The average Bonchev–Trinajstić information content (AvgIpc) is 2.74. The minimum atomic E-state index is -0.474. The van der Waals surface area contributed by atoms with E-state index >= 15 is 0 Å². The lowest BCUT2D eigenvalue weighted by Gasteiger charge is -2.13. The van der Waals surface area contributed by atoms with E-state index in [-0.39, 0.29) is 6.10 Å². The van der Waals surface area contributed by atoms with Gasteiger partial charge in [-0.2, -0.15) is 11.3 Å². The van der Waals surface area contributed by atoms with Gasteiger partial charge in [-0.3, -0.25) is 0 Å². The molecule has 0 aliphatic carbocycles. The van der Waals surface area contributed by atoms with Gasteiger partial charge in [0.05, 0.1) is 32.0 Å². The normalized spacial score (nSPS) is 13.1. The summed E-state index contributed by atoms with van der Waals surface area (Å²) in [4.78, 5) is 0. The molecule has 5 heteroatoms. The highest BCUT2D eigenvalue weighted by Crippen LogP contribution is 2.12. The number of aliphatic hydroxyl groups is 1. The molecule has 19 heavy (non-hydrogen) atoms. The average molecular weight is 287 g/mol. The van der Waals surface area contributed by atoms with Crippen LogP contribution >= 0.6 is 11.3 Å². The zero-order chi connectivity index (χ0) is 14.1. The lowest BCUT2D eigenvalue weighted by atomic mass is 10.2. The van der Waals surface area contributed by atoms with Crippen molar-refractivity contribution in [3.63, 3.8) is 0 Å². The van der Waals surface area contributed by atoms with E-state index in [1.165, 1.54) is 11.1 Å². The molecule has 0 aliphatic heterocycles. The van der Waals surface area contributed by atoms with Crippen molar-refractivity contribution in [2.75, 3.05) is 26.4 Å². The van der Waals surface area contributed by atoms with Crippen molar-refractivity contribution in [3.05, 3.63) is 21.9 Å². The van der Waals surface area contributed by atoms with Gasteiger partial charge in [0, 0.05) is 13.1 Å². The largest absolute Gasteiger partial charge is 0.389 e. The third kappa shape index (κ3) is 7.64. The molecular weight excluding hydrogens is 262 g/mol. The summed E-state index contributed by atoms with van der Waals surface area (Å²) in [7, 11) is 0. The van der Waals surface area contributed by atoms with Crippen LogP contribution in [0.2, 0.25) is 0 Å². The molecule has 0 saturated heterocycles. The number of aryl methyl sites for hydroxylation is 1. The smallest absolute Gasteiger partial charge is 0.0897 e. The molecule has 0 bridgehead atoms. The van der Waals surface area contributed by atoms with Gasteiger partial charge in [-0.15, -0.1) is 0 Å². The Balaban J connectivity index is 1.99. The van der Waals surface area contributed by atoms with E-state index in [1.54, 1.807) is 11.3 Å². The van der Waals surface area contributed by atoms with E-state index < -0.39 is 6.10 Å². The number of thiophene rings is 1. The van der Waals surface area contributed by atoms with Gasteiger partial charge in [-0.25, -0.2) is 0 Å². The van der Waals surface area contributed by atoms with Crippen LogP contribution in [-0.4, -0.2) is 43.7 Å². The fraction of sp³-hybridized carbons (Fsp3) is 0.714. The first-order valence-corrected chi connectivity index (χ1v) is 7.63. The second-order valence-electron chi connectivity index (χ2n) is 4.86. The van der Waals surface area contributed by atoms with E-state index in [1.807, 2.05) is 13.8 Å². The van der Waals surface area contributed by atoms with Crippen LogP contribution in [0.3, 0.4) is 0 Å². The SMILES string of the molecule is Cc1cscc1CNCC(O)COCCOC(C)C. The van der Waals surface area contributed by atoms with Crippen LogP contribution in [0, 0.1) is 6.92 Å². The van der Waals surface area contributed by atoms with Gasteiger partial charge in [-0.05, 0) is 42.7 Å². The molecule has 0 aliphatic rings. The maximum atomic E-state index is 9.73. The Bertz CT molecular complexity index is 341. The Morgan fingerprint density at radius 3 is 2.74 bits per heavy atom. The maximum absolute atomic E-state index is 9.73. The molecule has 1 aromatic heterocycles. The van der Waals surface area contributed by atoms with Gasteiger partial charge in [0.1, 0.15) is 0 Å². The van der Waals surface area contributed by atoms with E-state index in [4.69, 9.17) is 9.47 Å². The van der Waals surface area contributed by atoms with E-state index in [0.717, 1.165) is 6.54 Å². The molecule has 4 nitrogen and oxygen atoms in total. The predicted octanol–water partition coefficient (Wildman–Crippen LogP) is 1.95. The van der Waals surface area contributed by atoms with Gasteiger partial charge in [0.25, 0.3) is 0 Å². The first-order chi connectivity index (χ1) is 9.09. The molecule has 1 heterocycles. The van der Waals surface area contributed by atoms with Crippen LogP contribution in [0.25, 0.3) is 0 Å². The molecule has 0 amide bonds. The van der Waals surface area contributed by atoms with Crippen LogP contribution in [0.4, 0.5) is 0 Å². The fourth-order valence-electron chi connectivity index (χ4n) is 1.56. The summed E-state index contributed by atoms with van der Waals surface area (Å²) in [5, 5.41) is 17.2. The van der Waals surface area contributed by atoms with Gasteiger partial charge in [0.2, 0.25) is 0 Å². The van der Waals surface area contributed by atoms with Crippen LogP contribution < -0.4 is 5.32 Å². The van der Waals surface area contributed by atoms with Crippen molar-refractivity contribution in [2.45, 2.75) is 39.5 Å². The zero-order valence-corrected chi connectivity index (χ0v) is 12.8. The number of rotatable bonds is 10. The van der Waals surface area contributed by atoms with Crippen molar-refractivity contribution in [3.8, 4) is 0 Å². The van der Waals surface area contributed by atoms with Gasteiger partial charge >= 0.3 is 0 Å². The summed E-state index contributed by atoms with van der Waals surface area (Å²) < 4.78 is 10.7. The second kappa shape index (κ2) is 9.44. The molecule has 2 N–H and O–H groups in total. The molecule has 0 radical (unpaired) electrons. The number of hydrogen-bond acceptors (Lipinski definition) is 5. The summed E-state index contributed by atoms with van der Waals surface area (Å²) in [5.41, 5.74) is 2.59.